The Morgan fingerprint density at radius 2 is 0.679 bits per heavy atom. The van der Waals surface area contributed by atoms with E-state index in [0.717, 1.165) is 22.6 Å². The maximum Gasteiger partial charge on any atom is 0.0540 e. The highest BCUT2D eigenvalue weighted by Gasteiger charge is 2.19. The second kappa shape index (κ2) is 14.3. The maximum absolute atomic E-state index is 2.38. The van der Waals surface area contributed by atoms with Crippen LogP contribution in [0, 0.1) is 0 Å². The van der Waals surface area contributed by atoms with E-state index in [0.29, 0.717) is 0 Å². The van der Waals surface area contributed by atoms with Crippen LogP contribution in [-0.4, -0.2) is 0 Å². The SMILES string of the molecule is c1ccc(-c2ccc(-c3ccc(N(c4ccccc4)c4ccc(-c5ccc6ccccc6c5)cc4)c(-c4ccccc4)c3)c(-c3ccccc3)c2)cc1. The Bertz CT molecular complexity index is 2630. The third kappa shape index (κ3) is 6.53. The van der Waals surface area contributed by atoms with E-state index < -0.39 is 0 Å². The average Bonchev–Trinajstić information content (AvgIpc) is 3.25. The third-order valence-electron chi connectivity index (χ3n) is 10.1. The molecule has 250 valence electrons. The predicted molar refractivity (Wildman–Crippen MR) is 226 cm³/mol. The Balaban J connectivity index is 1.19. The first-order valence-electron chi connectivity index (χ1n) is 18.2. The molecule has 0 fully saturated rings. The molecule has 0 aliphatic rings. The Morgan fingerprint density at radius 3 is 1.36 bits per heavy atom. The average molecular weight is 676 g/mol. The van der Waals surface area contributed by atoms with E-state index in [9.17, 15) is 0 Å². The van der Waals surface area contributed by atoms with Gasteiger partial charge in [-0.05, 0) is 109 Å². The molecule has 0 radical (unpaired) electrons. The van der Waals surface area contributed by atoms with E-state index in [1.54, 1.807) is 0 Å². The summed E-state index contributed by atoms with van der Waals surface area (Å²) in [4.78, 5) is 2.38. The summed E-state index contributed by atoms with van der Waals surface area (Å²) in [5, 5.41) is 2.50. The van der Waals surface area contributed by atoms with Crippen LogP contribution in [-0.2, 0) is 0 Å². The molecule has 0 N–H and O–H groups in total. The van der Waals surface area contributed by atoms with Crippen molar-refractivity contribution in [2.75, 3.05) is 4.90 Å². The molecule has 0 aliphatic carbocycles. The van der Waals surface area contributed by atoms with Gasteiger partial charge in [-0.15, -0.1) is 0 Å². The van der Waals surface area contributed by atoms with Crippen molar-refractivity contribution < 1.29 is 0 Å². The number of anilines is 3. The van der Waals surface area contributed by atoms with Crippen LogP contribution in [0.3, 0.4) is 0 Å². The van der Waals surface area contributed by atoms with E-state index in [2.05, 4.69) is 229 Å². The first-order chi connectivity index (χ1) is 26.3. The van der Waals surface area contributed by atoms with Gasteiger partial charge in [0, 0.05) is 16.9 Å². The minimum absolute atomic E-state index is 1.10. The highest BCUT2D eigenvalue weighted by Crippen LogP contribution is 2.44. The van der Waals surface area contributed by atoms with Crippen molar-refractivity contribution in [3.8, 4) is 55.6 Å². The van der Waals surface area contributed by atoms with Crippen molar-refractivity contribution in [2.24, 2.45) is 0 Å². The molecule has 0 spiro atoms. The van der Waals surface area contributed by atoms with Crippen molar-refractivity contribution >= 4 is 27.8 Å². The molecule has 0 heterocycles. The van der Waals surface area contributed by atoms with E-state index in [1.807, 2.05) is 0 Å². The highest BCUT2D eigenvalue weighted by atomic mass is 15.1. The maximum atomic E-state index is 2.38. The van der Waals surface area contributed by atoms with Gasteiger partial charge in [0.1, 0.15) is 0 Å². The van der Waals surface area contributed by atoms with Gasteiger partial charge in [-0.1, -0.05) is 176 Å². The van der Waals surface area contributed by atoms with Crippen LogP contribution >= 0.6 is 0 Å². The van der Waals surface area contributed by atoms with Crippen LogP contribution in [0.15, 0.2) is 224 Å². The number of nitrogens with zero attached hydrogens (tertiary/aromatic N) is 1. The second-order valence-corrected chi connectivity index (χ2v) is 13.4. The number of rotatable bonds is 8. The molecule has 0 saturated carbocycles. The van der Waals surface area contributed by atoms with Crippen LogP contribution in [0.1, 0.15) is 0 Å². The van der Waals surface area contributed by atoms with Crippen molar-refractivity contribution in [3.63, 3.8) is 0 Å². The van der Waals surface area contributed by atoms with E-state index >= 15 is 0 Å². The van der Waals surface area contributed by atoms with Crippen molar-refractivity contribution in [1.82, 2.24) is 0 Å². The Kier molecular flexibility index (Phi) is 8.66. The molecular formula is C52H37N. The van der Waals surface area contributed by atoms with Crippen molar-refractivity contribution in [3.05, 3.63) is 224 Å². The normalized spacial score (nSPS) is 11.0. The first-order valence-corrected chi connectivity index (χ1v) is 18.2. The van der Waals surface area contributed by atoms with Gasteiger partial charge in [0.15, 0.2) is 0 Å². The number of hydrogen-bond acceptors (Lipinski definition) is 1. The van der Waals surface area contributed by atoms with Gasteiger partial charge in [-0.3, -0.25) is 0 Å². The summed E-state index contributed by atoms with van der Waals surface area (Å²) in [5.74, 6) is 0. The summed E-state index contributed by atoms with van der Waals surface area (Å²) in [7, 11) is 0. The first kappa shape index (κ1) is 32.0. The molecule has 0 unspecified atom stereocenters. The largest absolute Gasteiger partial charge is 0.310 e. The standard InChI is InChI=1S/C52H37N/c1-5-15-38(16-6-1)45-29-33-49(50(36-45)41-18-7-2-8-19-41)46-30-34-52(51(37-46)42-20-9-3-10-21-42)53(47-23-11-4-12-24-47)48-31-27-40(28-32-48)44-26-25-39-17-13-14-22-43(39)35-44/h1-37H. The van der Waals surface area contributed by atoms with Crippen LogP contribution in [0.25, 0.3) is 66.4 Å². The summed E-state index contributed by atoms with van der Waals surface area (Å²) in [6.45, 7) is 0. The van der Waals surface area contributed by atoms with Gasteiger partial charge in [0.25, 0.3) is 0 Å². The molecular weight excluding hydrogens is 639 g/mol. The van der Waals surface area contributed by atoms with E-state index in [-0.39, 0.29) is 0 Å². The second-order valence-electron chi connectivity index (χ2n) is 13.4. The van der Waals surface area contributed by atoms with Gasteiger partial charge in [-0.25, -0.2) is 0 Å². The predicted octanol–water partition coefficient (Wildman–Crippen LogP) is 14.6. The lowest BCUT2D eigenvalue weighted by Gasteiger charge is -2.28. The molecule has 53 heavy (non-hydrogen) atoms. The monoisotopic (exact) mass is 675 g/mol. The van der Waals surface area contributed by atoms with Crippen LogP contribution in [0.4, 0.5) is 17.1 Å². The van der Waals surface area contributed by atoms with Gasteiger partial charge < -0.3 is 4.90 Å². The fourth-order valence-electron chi connectivity index (χ4n) is 7.39. The van der Waals surface area contributed by atoms with Crippen molar-refractivity contribution in [2.45, 2.75) is 0 Å². The molecule has 0 saturated heterocycles. The molecule has 0 amide bonds. The summed E-state index contributed by atoms with van der Waals surface area (Å²) < 4.78 is 0. The van der Waals surface area contributed by atoms with Gasteiger partial charge in [0.2, 0.25) is 0 Å². The summed E-state index contributed by atoms with van der Waals surface area (Å²) in [6, 6.07) is 80.9. The molecule has 0 bridgehead atoms. The zero-order chi connectivity index (χ0) is 35.4. The lowest BCUT2D eigenvalue weighted by molar-refractivity contribution is 1.28. The fraction of sp³-hybridized carbons (Fsp3) is 0. The Morgan fingerprint density at radius 1 is 0.226 bits per heavy atom. The number of hydrogen-bond donors (Lipinski definition) is 0. The van der Waals surface area contributed by atoms with Gasteiger partial charge in [0.05, 0.1) is 5.69 Å². The van der Waals surface area contributed by atoms with Crippen LogP contribution in [0.5, 0.6) is 0 Å². The van der Waals surface area contributed by atoms with Crippen molar-refractivity contribution in [1.29, 1.82) is 0 Å². The fourth-order valence-corrected chi connectivity index (χ4v) is 7.39. The van der Waals surface area contributed by atoms with E-state index in [4.69, 9.17) is 0 Å². The molecule has 0 aliphatic heterocycles. The Hall–Kier alpha value is -6.96. The minimum Gasteiger partial charge on any atom is -0.310 e. The van der Waals surface area contributed by atoms with Gasteiger partial charge in [-0.2, -0.15) is 0 Å². The topological polar surface area (TPSA) is 3.24 Å². The minimum atomic E-state index is 1.10. The Labute approximate surface area is 311 Å². The summed E-state index contributed by atoms with van der Waals surface area (Å²) in [6.07, 6.45) is 0. The lowest BCUT2D eigenvalue weighted by atomic mass is 9.89. The number of fused-ring (bicyclic) bond motifs is 1. The number of benzene rings is 9. The molecule has 1 heteroatoms. The van der Waals surface area contributed by atoms with Gasteiger partial charge >= 0.3 is 0 Å². The molecule has 1 nitrogen and oxygen atoms in total. The molecule has 0 atom stereocenters. The smallest absolute Gasteiger partial charge is 0.0540 e. The quantitative estimate of drug-likeness (QED) is 0.155. The van der Waals surface area contributed by atoms with Crippen LogP contribution < -0.4 is 4.90 Å². The van der Waals surface area contributed by atoms with Crippen LogP contribution in [0.2, 0.25) is 0 Å². The highest BCUT2D eigenvalue weighted by molar-refractivity contribution is 5.94. The molecule has 9 aromatic carbocycles. The third-order valence-corrected chi connectivity index (χ3v) is 10.1. The molecule has 0 aromatic heterocycles. The molecule has 9 aromatic rings. The molecule has 9 rings (SSSR count). The lowest BCUT2D eigenvalue weighted by Crippen LogP contribution is -2.11. The zero-order valence-corrected chi connectivity index (χ0v) is 29.3. The summed E-state index contributed by atoms with van der Waals surface area (Å²) >= 11 is 0. The summed E-state index contributed by atoms with van der Waals surface area (Å²) in [5.41, 5.74) is 15.3. The number of para-hydroxylation sites is 1. The van der Waals surface area contributed by atoms with E-state index in [1.165, 1.54) is 60.8 Å². The zero-order valence-electron chi connectivity index (χ0n) is 29.3.